The number of rotatable bonds is 9. The van der Waals surface area contributed by atoms with E-state index in [4.69, 9.17) is 5.73 Å². The molecule has 0 saturated carbocycles. The van der Waals surface area contributed by atoms with Crippen LogP contribution in [0.1, 0.15) is 42.1 Å². The minimum atomic E-state index is -0.292. The number of para-hydroxylation sites is 2. The average Bonchev–Trinajstić information content (AvgIpc) is 3.27. The number of piperidine rings is 1. The Morgan fingerprint density at radius 1 is 1.13 bits per heavy atom. The number of hydrogen-bond donors (Lipinski definition) is 3. The first kappa shape index (κ1) is 25.7. The molecule has 0 radical (unpaired) electrons. The highest BCUT2D eigenvalue weighted by Gasteiger charge is 2.21. The molecule has 2 aromatic carbocycles. The number of benzene rings is 2. The first-order chi connectivity index (χ1) is 18.5. The molecule has 0 spiro atoms. The number of carbonyl (C=O) groups excluding carboxylic acids is 1. The van der Waals surface area contributed by atoms with Crippen molar-refractivity contribution in [3.63, 3.8) is 0 Å². The quantitative estimate of drug-likeness (QED) is 0.276. The third kappa shape index (κ3) is 5.78. The molecule has 0 unspecified atom stereocenters. The zero-order chi connectivity index (χ0) is 26.5. The van der Waals surface area contributed by atoms with E-state index in [2.05, 4.69) is 43.2 Å². The Bertz CT molecular complexity index is 1390. The SMILES string of the molecule is CCCn1cc(CNCC2CCN(c3ncc(C(=O)Nc4ccccc4N)cn3)CC2)c2cc(F)ccc21. The molecule has 1 saturated heterocycles. The summed E-state index contributed by atoms with van der Waals surface area (Å²) < 4.78 is 16.1. The van der Waals surface area contributed by atoms with Crippen molar-refractivity contribution >= 4 is 34.1 Å². The second-order valence-corrected chi connectivity index (χ2v) is 9.88. The highest BCUT2D eigenvalue weighted by atomic mass is 19.1. The van der Waals surface area contributed by atoms with Gasteiger partial charge in [0.25, 0.3) is 5.91 Å². The fourth-order valence-electron chi connectivity index (χ4n) is 5.07. The van der Waals surface area contributed by atoms with E-state index in [0.29, 0.717) is 28.8 Å². The molecule has 8 nitrogen and oxygen atoms in total. The van der Waals surface area contributed by atoms with Crippen molar-refractivity contribution in [2.75, 3.05) is 35.6 Å². The van der Waals surface area contributed by atoms with Crippen molar-refractivity contribution < 1.29 is 9.18 Å². The number of anilines is 3. The van der Waals surface area contributed by atoms with Crippen LogP contribution in [0, 0.1) is 11.7 Å². The molecule has 0 atom stereocenters. The number of nitrogens with zero attached hydrogens (tertiary/aromatic N) is 4. The molecule has 4 N–H and O–H groups in total. The number of nitrogens with one attached hydrogen (secondary N) is 2. The molecular weight excluding hydrogens is 481 g/mol. The summed E-state index contributed by atoms with van der Waals surface area (Å²) in [6.07, 6.45) is 8.36. The summed E-state index contributed by atoms with van der Waals surface area (Å²) in [6.45, 7) is 6.43. The van der Waals surface area contributed by atoms with Gasteiger partial charge in [0.1, 0.15) is 5.82 Å². The third-order valence-electron chi connectivity index (χ3n) is 7.15. The van der Waals surface area contributed by atoms with Crippen LogP contribution in [0.4, 0.5) is 21.7 Å². The number of amides is 1. The summed E-state index contributed by atoms with van der Waals surface area (Å²) >= 11 is 0. The van der Waals surface area contributed by atoms with Gasteiger partial charge in [-0.1, -0.05) is 19.1 Å². The Labute approximate surface area is 222 Å². The van der Waals surface area contributed by atoms with E-state index >= 15 is 0 Å². The number of nitrogens with two attached hydrogens (primary N) is 1. The van der Waals surface area contributed by atoms with Crippen LogP contribution < -0.4 is 21.3 Å². The van der Waals surface area contributed by atoms with Gasteiger partial charge in [-0.15, -0.1) is 0 Å². The lowest BCUT2D eigenvalue weighted by atomic mass is 9.97. The molecule has 1 aliphatic heterocycles. The summed E-state index contributed by atoms with van der Waals surface area (Å²) in [6, 6.07) is 12.2. The van der Waals surface area contributed by atoms with E-state index in [0.717, 1.165) is 68.5 Å². The second kappa shape index (κ2) is 11.6. The monoisotopic (exact) mass is 515 g/mol. The Hall–Kier alpha value is -3.98. The lowest BCUT2D eigenvalue weighted by Crippen LogP contribution is -2.38. The number of halogens is 1. The maximum Gasteiger partial charge on any atom is 0.258 e. The van der Waals surface area contributed by atoms with Gasteiger partial charge in [0, 0.05) is 55.7 Å². The molecular formula is C29H34FN7O. The van der Waals surface area contributed by atoms with Gasteiger partial charge in [0.2, 0.25) is 5.95 Å². The lowest BCUT2D eigenvalue weighted by Gasteiger charge is -2.32. The summed E-state index contributed by atoms with van der Waals surface area (Å²) in [5.41, 5.74) is 9.59. The number of aromatic nitrogens is 3. The van der Waals surface area contributed by atoms with Gasteiger partial charge in [-0.2, -0.15) is 0 Å². The highest BCUT2D eigenvalue weighted by Crippen LogP contribution is 2.24. The van der Waals surface area contributed by atoms with Crippen LogP contribution >= 0.6 is 0 Å². The minimum absolute atomic E-state index is 0.197. The van der Waals surface area contributed by atoms with Crippen LogP contribution in [0.25, 0.3) is 10.9 Å². The topological polar surface area (TPSA) is 101 Å². The molecule has 1 aliphatic rings. The maximum atomic E-state index is 13.9. The van der Waals surface area contributed by atoms with Crippen molar-refractivity contribution in [3.8, 4) is 0 Å². The fraction of sp³-hybridized carbons (Fsp3) is 0.345. The third-order valence-corrected chi connectivity index (χ3v) is 7.15. The number of carbonyl (C=O) groups is 1. The Kier molecular flexibility index (Phi) is 7.83. The van der Waals surface area contributed by atoms with Gasteiger partial charge in [-0.05, 0) is 67.6 Å². The predicted octanol–water partition coefficient (Wildman–Crippen LogP) is 4.82. The Morgan fingerprint density at radius 2 is 1.89 bits per heavy atom. The van der Waals surface area contributed by atoms with E-state index in [-0.39, 0.29) is 11.7 Å². The Morgan fingerprint density at radius 3 is 2.63 bits per heavy atom. The van der Waals surface area contributed by atoms with Crippen LogP contribution in [0.2, 0.25) is 0 Å². The second-order valence-electron chi connectivity index (χ2n) is 9.88. The first-order valence-corrected chi connectivity index (χ1v) is 13.2. The van der Waals surface area contributed by atoms with E-state index in [1.165, 1.54) is 6.07 Å². The minimum Gasteiger partial charge on any atom is -0.397 e. The zero-order valence-electron chi connectivity index (χ0n) is 21.7. The van der Waals surface area contributed by atoms with Crippen LogP contribution in [0.15, 0.2) is 61.1 Å². The zero-order valence-corrected chi connectivity index (χ0v) is 21.7. The van der Waals surface area contributed by atoms with Crippen LogP contribution in [-0.2, 0) is 13.1 Å². The van der Waals surface area contributed by atoms with E-state index in [9.17, 15) is 9.18 Å². The molecule has 3 heterocycles. The molecule has 1 fully saturated rings. The lowest BCUT2D eigenvalue weighted by molar-refractivity contribution is 0.102. The molecule has 9 heteroatoms. The molecule has 1 amide bonds. The van der Waals surface area contributed by atoms with Gasteiger partial charge in [-0.25, -0.2) is 14.4 Å². The normalized spacial score (nSPS) is 14.2. The number of fused-ring (bicyclic) bond motifs is 1. The van der Waals surface area contributed by atoms with Gasteiger partial charge in [-0.3, -0.25) is 4.79 Å². The van der Waals surface area contributed by atoms with Crippen molar-refractivity contribution in [1.82, 2.24) is 19.9 Å². The van der Waals surface area contributed by atoms with Gasteiger partial charge in [0.15, 0.2) is 0 Å². The summed E-state index contributed by atoms with van der Waals surface area (Å²) in [5.74, 6) is 0.697. The molecule has 2 aromatic heterocycles. The number of aryl methyl sites for hydroxylation is 1. The van der Waals surface area contributed by atoms with Crippen LogP contribution in [-0.4, -0.2) is 40.1 Å². The number of hydrogen-bond acceptors (Lipinski definition) is 6. The molecule has 38 heavy (non-hydrogen) atoms. The standard InChI is InChI=1S/C29H34FN7O/c1-2-11-37-19-22(24-14-23(30)7-8-27(24)37)16-32-15-20-9-12-36(13-10-20)29-33-17-21(18-34-29)28(38)35-26-6-4-3-5-25(26)31/h3-8,14,17-20,32H,2,9-13,15-16,31H2,1H3,(H,35,38). The van der Waals surface area contributed by atoms with Gasteiger partial charge in [0.05, 0.1) is 16.9 Å². The van der Waals surface area contributed by atoms with E-state index in [1.807, 2.05) is 18.2 Å². The molecule has 4 aromatic rings. The predicted molar refractivity (Wildman–Crippen MR) is 150 cm³/mol. The largest absolute Gasteiger partial charge is 0.397 e. The number of nitrogen functional groups attached to an aromatic ring is 1. The van der Waals surface area contributed by atoms with Gasteiger partial charge >= 0.3 is 0 Å². The average molecular weight is 516 g/mol. The van der Waals surface area contributed by atoms with Crippen molar-refractivity contribution in [3.05, 3.63) is 78.0 Å². The maximum absolute atomic E-state index is 13.9. The fourth-order valence-corrected chi connectivity index (χ4v) is 5.07. The van der Waals surface area contributed by atoms with Gasteiger partial charge < -0.3 is 25.8 Å². The van der Waals surface area contributed by atoms with E-state index < -0.39 is 0 Å². The summed E-state index contributed by atoms with van der Waals surface area (Å²) in [4.78, 5) is 23.6. The summed E-state index contributed by atoms with van der Waals surface area (Å²) in [7, 11) is 0. The molecule has 0 bridgehead atoms. The molecule has 0 aliphatic carbocycles. The smallest absolute Gasteiger partial charge is 0.258 e. The van der Waals surface area contributed by atoms with Crippen LogP contribution in [0.5, 0.6) is 0 Å². The van der Waals surface area contributed by atoms with Crippen molar-refractivity contribution in [2.24, 2.45) is 5.92 Å². The highest BCUT2D eigenvalue weighted by molar-refractivity contribution is 6.05. The molecule has 198 valence electrons. The first-order valence-electron chi connectivity index (χ1n) is 13.2. The van der Waals surface area contributed by atoms with Crippen molar-refractivity contribution in [1.29, 1.82) is 0 Å². The summed E-state index contributed by atoms with van der Waals surface area (Å²) in [5, 5.41) is 7.38. The van der Waals surface area contributed by atoms with Crippen molar-refractivity contribution in [2.45, 2.75) is 39.3 Å². The Balaban J connectivity index is 1.11. The van der Waals surface area contributed by atoms with E-state index in [1.54, 1.807) is 30.6 Å². The molecule has 5 rings (SSSR count). The van der Waals surface area contributed by atoms with Crippen LogP contribution in [0.3, 0.4) is 0 Å².